The molecule has 0 saturated heterocycles. The van der Waals surface area contributed by atoms with Crippen LogP contribution >= 0.6 is 0 Å². The number of carbonyl (C=O) groups is 1. The summed E-state index contributed by atoms with van der Waals surface area (Å²) in [7, 11) is 1.86. The van der Waals surface area contributed by atoms with Crippen LogP contribution in [0.25, 0.3) is 10.9 Å². The Kier molecular flexibility index (Phi) is 3.99. The van der Waals surface area contributed by atoms with E-state index in [4.69, 9.17) is 9.47 Å². The van der Waals surface area contributed by atoms with E-state index in [0.29, 0.717) is 18.9 Å². The Bertz CT molecular complexity index is 545. The topological polar surface area (TPSA) is 40.5 Å². The summed E-state index contributed by atoms with van der Waals surface area (Å²) in [5.41, 5.74) is 1.59. The Hall–Kier alpha value is -1.81. The third-order valence-electron chi connectivity index (χ3n) is 2.83. The lowest BCUT2D eigenvalue weighted by molar-refractivity contribution is 0.0326. The van der Waals surface area contributed by atoms with E-state index in [-0.39, 0.29) is 12.6 Å². The molecule has 96 valence electrons. The second kappa shape index (κ2) is 5.69. The van der Waals surface area contributed by atoms with Gasteiger partial charge in [0.05, 0.1) is 6.61 Å². The molecule has 0 bridgehead atoms. The molecule has 4 heteroatoms. The van der Waals surface area contributed by atoms with Crippen molar-refractivity contribution in [3.05, 3.63) is 36.0 Å². The highest BCUT2D eigenvalue weighted by Crippen LogP contribution is 2.18. The zero-order valence-corrected chi connectivity index (χ0v) is 10.7. The second-order valence-corrected chi connectivity index (χ2v) is 3.98. The quantitative estimate of drug-likeness (QED) is 0.601. The van der Waals surface area contributed by atoms with E-state index < -0.39 is 0 Å². The van der Waals surface area contributed by atoms with Crippen molar-refractivity contribution in [2.24, 2.45) is 7.05 Å². The van der Waals surface area contributed by atoms with E-state index in [1.54, 1.807) is 0 Å². The van der Waals surface area contributed by atoms with E-state index in [1.165, 1.54) is 0 Å². The highest BCUT2D eigenvalue weighted by Gasteiger charge is 2.13. The van der Waals surface area contributed by atoms with Crippen molar-refractivity contribution >= 4 is 16.9 Å². The number of hydrogen-bond donors (Lipinski definition) is 0. The van der Waals surface area contributed by atoms with Crippen molar-refractivity contribution in [2.45, 2.75) is 6.92 Å². The summed E-state index contributed by atoms with van der Waals surface area (Å²) < 4.78 is 12.1. The molecule has 1 aromatic carbocycles. The van der Waals surface area contributed by atoms with Crippen LogP contribution in [0.3, 0.4) is 0 Å². The number of ether oxygens (including phenoxy) is 2. The van der Waals surface area contributed by atoms with E-state index in [9.17, 15) is 4.79 Å². The third kappa shape index (κ3) is 2.54. The van der Waals surface area contributed by atoms with Crippen molar-refractivity contribution in [3.8, 4) is 0 Å². The summed E-state index contributed by atoms with van der Waals surface area (Å²) in [6, 6.07) is 9.70. The summed E-state index contributed by atoms with van der Waals surface area (Å²) in [4.78, 5) is 11.9. The molecule has 0 spiro atoms. The highest BCUT2D eigenvalue weighted by molar-refractivity contribution is 5.95. The number of aromatic nitrogens is 1. The molecule has 0 saturated carbocycles. The molecule has 2 aromatic rings. The van der Waals surface area contributed by atoms with Crippen molar-refractivity contribution in [1.29, 1.82) is 0 Å². The fraction of sp³-hybridized carbons (Fsp3) is 0.357. The zero-order valence-electron chi connectivity index (χ0n) is 10.7. The van der Waals surface area contributed by atoms with Gasteiger partial charge in [-0.3, -0.25) is 0 Å². The lowest BCUT2D eigenvalue weighted by Crippen LogP contribution is -2.13. The van der Waals surface area contributed by atoms with Gasteiger partial charge >= 0.3 is 5.97 Å². The molecule has 0 fully saturated rings. The normalized spacial score (nSPS) is 10.8. The molecule has 0 amide bonds. The van der Waals surface area contributed by atoms with Gasteiger partial charge in [-0.2, -0.15) is 0 Å². The number of nitrogens with zero attached hydrogens (tertiary/aromatic N) is 1. The van der Waals surface area contributed by atoms with Gasteiger partial charge in [0, 0.05) is 24.6 Å². The van der Waals surface area contributed by atoms with Crippen LogP contribution in [0.2, 0.25) is 0 Å². The molecule has 0 atom stereocenters. The fourth-order valence-electron chi connectivity index (χ4n) is 1.90. The van der Waals surface area contributed by atoms with Crippen LogP contribution in [0.1, 0.15) is 17.4 Å². The molecule has 0 unspecified atom stereocenters. The third-order valence-corrected chi connectivity index (χ3v) is 2.83. The number of esters is 1. The van der Waals surface area contributed by atoms with Gasteiger partial charge in [-0.25, -0.2) is 4.79 Å². The Labute approximate surface area is 106 Å². The average molecular weight is 247 g/mol. The van der Waals surface area contributed by atoms with Crippen LogP contribution in [0.15, 0.2) is 30.3 Å². The molecule has 4 nitrogen and oxygen atoms in total. The lowest BCUT2D eigenvalue weighted by Gasteiger charge is -2.05. The van der Waals surface area contributed by atoms with Crippen molar-refractivity contribution in [2.75, 3.05) is 19.8 Å². The first-order valence-corrected chi connectivity index (χ1v) is 6.03. The number of para-hydroxylation sites is 1. The molecule has 0 aliphatic rings. The van der Waals surface area contributed by atoms with Crippen LogP contribution < -0.4 is 0 Å². The minimum Gasteiger partial charge on any atom is -0.459 e. The number of benzene rings is 1. The van der Waals surface area contributed by atoms with Crippen molar-refractivity contribution in [1.82, 2.24) is 4.57 Å². The summed E-state index contributed by atoms with van der Waals surface area (Å²) >= 11 is 0. The standard InChI is InChI=1S/C14H17NO3/c1-3-17-8-9-18-14(16)13-10-11-6-4-5-7-12(11)15(13)2/h4-7,10H,3,8-9H2,1-2H3. The van der Waals surface area contributed by atoms with Crippen LogP contribution in [-0.4, -0.2) is 30.4 Å². The predicted molar refractivity (Wildman–Crippen MR) is 69.7 cm³/mol. The number of aryl methyl sites for hydroxylation is 1. The summed E-state index contributed by atoms with van der Waals surface area (Å²) in [6.07, 6.45) is 0. The van der Waals surface area contributed by atoms with Crippen LogP contribution in [0.4, 0.5) is 0 Å². The molecule has 18 heavy (non-hydrogen) atoms. The second-order valence-electron chi connectivity index (χ2n) is 3.98. The SMILES string of the molecule is CCOCCOC(=O)c1cc2ccccc2n1C. The molecule has 1 heterocycles. The Morgan fingerprint density at radius 1 is 1.28 bits per heavy atom. The monoisotopic (exact) mass is 247 g/mol. The molecular weight excluding hydrogens is 230 g/mol. The molecule has 0 radical (unpaired) electrons. The summed E-state index contributed by atoms with van der Waals surface area (Å²) in [5.74, 6) is -0.312. The van der Waals surface area contributed by atoms with Gasteiger partial charge in [0.1, 0.15) is 12.3 Å². The van der Waals surface area contributed by atoms with Crippen LogP contribution in [-0.2, 0) is 16.5 Å². The summed E-state index contributed by atoms with van der Waals surface area (Å²) in [5, 5.41) is 1.04. The summed E-state index contributed by atoms with van der Waals surface area (Å²) in [6.45, 7) is 3.26. The first-order valence-electron chi connectivity index (χ1n) is 6.03. The first kappa shape index (κ1) is 12.6. The van der Waals surface area contributed by atoms with Crippen LogP contribution in [0, 0.1) is 0 Å². The van der Waals surface area contributed by atoms with Gasteiger partial charge in [-0.05, 0) is 19.1 Å². The Morgan fingerprint density at radius 3 is 2.78 bits per heavy atom. The fourth-order valence-corrected chi connectivity index (χ4v) is 1.90. The van der Waals surface area contributed by atoms with E-state index >= 15 is 0 Å². The minimum atomic E-state index is -0.312. The minimum absolute atomic E-state index is 0.286. The maximum absolute atomic E-state index is 11.9. The first-order chi connectivity index (χ1) is 8.74. The van der Waals surface area contributed by atoms with E-state index in [0.717, 1.165) is 10.9 Å². The number of hydrogen-bond acceptors (Lipinski definition) is 3. The number of carbonyl (C=O) groups excluding carboxylic acids is 1. The average Bonchev–Trinajstić information content (AvgIpc) is 2.73. The van der Waals surface area contributed by atoms with Gasteiger partial charge < -0.3 is 14.0 Å². The van der Waals surface area contributed by atoms with Gasteiger partial charge in [-0.1, -0.05) is 18.2 Å². The maximum atomic E-state index is 11.9. The molecule has 2 rings (SSSR count). The van der Waals surface area contributed by atoms with Gasteiger partial charge in [0.15, 0.2) is 0 Å². The lowest BCUT2D eigenvalue weighted by atomic mass is 10.2. The smallest absolute Gasteiger partial charge is 0.355 e. The predicted octanol–water partition coefficient (Wildman–Crippen LogP) is 2.37. The van der Waals surface area contributed by atoms with Crippen LogP contribution in [0.5, 0.6) is 0 Å². The molecule has 0 N–H and O–H groups in total. The number of fused-ring (bicyclic) bond motifs is 1. The van der Waals surface area contributed by atoms with E-state index in [2.05, 4.69) is 0 Å². The molecule has 0 aliphatic carbocycles. The van der Waals surface area contributed by atoms with Gasteiger partial charge in [0.2, 0.25) is 0 Å². The maximum Gasteiger partial charge on any atom is 0.355 e. The van der Waals surface area contributed by atoms with Crippen molar-refractivity contribution < 1.29 is 14.3 Å². The highest BCUT2D eigenvalue weighted by atomic mass is 16.6. The molecule has 1 aromatic heterocycles. The zero-order chi connectivity index (χ0) is 13.0. The molecular formula is C14H17NO3. The number of rotatable bonds is 5. The van der Waals surface area contributed by atoms with Gasteiger partial charge in [0.25, 0.3) is 0 Å². The molecule has 0 aliphatic heterocycles. The van der Waals surface area contributed by atoms with Gasteiger partial charge in [-0.15, -0.1) is 0 Å². The Balaban J connectivity index is 2.10. The van der Waals surface area contributed by atoms with E-state index in [1.807, 2.05) is 48.9 Å². The largest absolute Gasteiger partial charge is 0.459 e. The Morgan fingerprint density at radius 2 is 2.06 bits per heavy atom. The van der Waals surface area contributed by atoms with Crippen molar-refractivity contribution in [3.63, 3.8) is 0 Å².